The minimum Gasteiger partial charge on any atom is -0.460 e. The summed E-state index contributed by atoms with van der Waals surface area (Å²) >= 11 is 0. The highest BCUT2D eigenvalue weighted by molar-refractivity contribution is 5.56. The van der Waals surface area contributed by atoms with E-state index in [4.69, 9.17) is 10.2 Å². The maximum Gasteiger partial charge on any atom is 0.271 e. The van der Waals surface area contributed by atoms with E-state index >= 15 is 0 Å². The van der Waals surface area contributed by atoms with Gasteiger partial charge in [0.2, 0.25) is 0 Å². The third-order valence-electron chi connectivity index (χ3n) is 2.33. The second-order valence-electron chi connectivity index (χ2n) is 3.44. The molecule has 0 bridgehead atoms. The molecule has 0 saturated carbocycles. The molecule has 3 N–H and O–H groups in total. The van der Waals surface area contributed by atoms with Gasteiger partial charge in [0.1, 0.15) is 11.5 Å². The Labute approximate surface area is 86.5 Å². The summed E-state index contributed by atoms with van der Waals surface area (Å²) in [4.78, 5) is 11.6. The van der Waals surface area contributed by atoms with Gasteiger partial charge in [-0.15, -0.1) is 0 Å². The highest BCUT2D eigenvalue weighted by Crippen LogP contribution is 2.21. The van der Waals surface area contributed by atoms with Gasteiger partial charge in [-0.2, -0.15) is 0 Å². The van der Waals surface area contributed by atoms with E-state index in [2.05, 4.69) is 5.10 Å². The van der Waals surface area contributed by atoms with Crippen molar-refractivity contribution < 1.29 is 4.42 Å². The molecule has 2 aromatic heterocycles. The number of nitrogens with zero attached hydrogens (tertiary/aromatic N) is 1. The molecule has 0 saturated heterocycles. The van der Waals surface area contributed by atoms with Crippen molar-refractivity contribution in [1.29, 1.82) is 0 Å². The van der Waals surface area contributed by atoms with Crippen molar-refractivity contribution in [3.63, 3.8) is 0 Å². The van der Waals surface area contributed by atoms with Gasteiger partial charge in [0.05, 0.1) is 5.56 Å². The van der Waals surface area contributed by atoms with E-state index in [1.807, 2.05) is 19.1 Å². The van der Waals surface area contributed by atoms with Crippen molar-refractivity contribution in [2.45, 2.75) is 13.5 Å². The Morgan fingerprint density at radius 3 is 2.80 bits per heavy atom. The van der Waals surface area contributed by atoms with Crippen LogP contribution in [0.4, 0.5) is 0 Å². The number of nitrogens with two attached hydrogens (primary N) is 1. The first-order chi connectivity index (χ1) is 7.13. The SMILES string of the molecule is Cc1ccc(-c2[nH]n(C)c(=O)c2CN)o1. The summed E-state index contributed by atoms with van der Waals surface area (Å²) in [6.45, 7) is 2.05. The lowest BCUT2D eigenvalue weighted by atomic mass is 10.2. The zero-order chi connectivity index (χ0) is 11.0. The number of aryl methyl sites for hydroxylation is 2. The van der Waals surface area contributed by atoms with E-state index in [1.54, 1.807) is 7.05 Å². The number of H-pyrrole nitrogens is 1. The van der Waals surface area contributed by atoms with Gasteiger partial charge in [-0.3, -0.25) is 14.6 Å². The Morgan fingerprint density at radius 2 is 2.27 bits per heavy atom. The molecule has 2 rings (SSSR count). The molecule has 0 aliphatic rings. The van der Waals surface area contributed by atoms with Crippen molar-refractivity contribution in [3.8, 4) is 11.5 Å². The average Bonchev–Trinajstić information content (AvgIpc) is 2.73. The van der Waals surface area contributed by atoms with Gasteiger partial charge in [0.15, 0.2) is 5.76 Å². The van der Waals surface area contributed by atoms with Crippen LogP contribution in [0.15, 0.2) is 21.3 Å². The zero-order valence-electron chi connectivity index (χ0n) is 8.70. The zero-order valence-corrected chi connectivity index (χ0v) is 8.70. The molecular weight excluding hydrogens is 194 g/mol. The van der Waals surface area contributed by atoms with Gasteiger partial charge >= 0.3 is 0 Å². The van der Waals surface area contributed by atoms with Crippen LogP contribution in [0.2, 0.25) is 0 Å². The fraction of sp³-hybridized carbons (Fsp3) is 0.300. The van der Waals surface area contributed by atoms with Gasteiger partial charge in [-0.25, -0.2) is 0 Å². The van der Waals surface area contributed by atoms with E-state index in [1.165, 1.54) is 4.68 Å². The first-order valence-electron chi connectivity index (χ1n) is 4.68. The first kappa shape index (κ1) is 9.79. The third kappa shape index (κ3) is 1.50. The summed E-state index contributed by atoms with van der Waals surface area (Å²) in [5.41, 5.74) is 6.64. The van der Waals surface area contributed by atoms with E-state index in [-0.39, 0.29) is 12.1 Å². The van der Waals surface area contributed by atoms with E-state index in [0.29, 0.717) is 17.0 Å². The molecule has 5 heteroatoms. The molecule has 0 aliphatic carbocycles. The largest absolute Gasteiger partial charge is 0.460 e. The van der Waals surface area contributed by atoms with Crippen LogP contribution in [0.1, 0.15) is 11.3 Å². The predicted molar refractivity (Wildman–Crippen MR) is 56.4 cm³/mol. The lowest BCUT2D eigenvalue weighted by molar-refractivity contribution is 0.544. The molecule has 0 unspecified atom stereocenters. The van der Waals surface area contributed by atoms with Crippen LogP contribution in [-0.4, -0.2) is 9.78 Å². The molecule has 2 aromatic rings. The summed E-state index contributed by atoms with van der Waals surface area (Å²) in [6, 6.07) is 3.67. The van der Waals surface area contributed by atoms with Gasteiger partial charge < -0.3 is 10.2 Å². The summed E-state index contributed by atoms with van der Waals surface area (Å²) in [5.74, 6) is 1.45. The number of rotatable bonds is 2. The third-order valence-corrected chi connectivity index (χ3v) is 2.33. The van der Waals surface area contributed by atoms with Crippen molar-refractivity contribution in [3.05, 3.63) is 33.8 Å². The monoisotopic (exact) mass is 207 g/mol. The summed E-state index contributed by atoms with van der Waals surface area (Å²) < 4.78 is 6.84. The Kier molecular flexibility index (Phi) is 2.24. The molecule has 0 atom stereocenters. The van der Waals surface area contributed by atoms with Crippen LogP contribution >= 0.6 is 0 Å². The number of aromatic amines is 1. The molecule has 0 amide bonds. The number of nitrogens with one attached hydrogen (secondary N) is 1. The lowest BCUT2D eigenvalue weighted by Crippen LogP contribution is -2.17. The maximum absolute atomic E-state index is 11.6. The van der Waals surface area contributed by atoms with Crippen molar-refractivity contribution in [1.82, 2.24) is 9.78 Å². The Bertz CT molecular complexity index is 533. The quantitative estimate of drug-likeness (QED) is 0.762. The molecule has 0 spiro atoms. The van der Waals surface area contributed by atoms with E-state index < -0.39 is 0 Å². The van der Waals surface area contributed by atoms with Crippen LogP contribution in [-0.2, 0) is 13.6 Å². The van der Waals surface area contributed by atoms with E-state index in [0.717, 1.165) is 5.76 Å². The second kappa shape index (κ2) is 3.43. The summed E-state index contributed by atoms with van der Waals surface area (Å²) in [6.07, 6.45) is 0. The van der Waals surface area contributed by atoms with Crippen LogP contribution < -0.4 is 11.3 Å². The molecular formula is C10H13N3O2. The Balaban J connectivity index is 2.62. The smallest absolute Gasteiger partial charge is 0.271 e. The fourth-order valence-corrected chi connectivity index (χ4v) is 1.56. The van der Waals surface area contributed by atoms with Gasteiger partial charge in [0.25, 0.3) is 5.56 Å². The topological polar surface area (TPSA) is 77.0 Å². The number of hydrogen-bond donors (Lipinski definition) is 2. The summed E-state index contributed by atoms with van der Waals surface area (Å²) in [7, 11) is 1.65. The first-order valence-corrected chi connectivity index (χ1v) is 4.68. The normalized spacial score (nSPS) is 10.9. The molecule has 0 radical (unpaired) electrons. The number of furan rings is 1. The van der Waals surface area contributed by atoms with E-state index in [9.17, 15) is 4.79 Å². The van der Waals surface area contributed by atoms with Gasteiger partial charge in [-0.05, 0) is 19.1 Å². The van der Waals surface area contributed by atoms with Crippen LogP contribution in [0.25, 0.3) is 11.5 Å². The predicted octanol–water partition coefficient (Wildman–Crippen LogP) is 0.741. The van der Waals surface area contributed by atoms with Crippen molar-refractivity contribution in [2.75, 3.05) is 0 Å². The van der Waals surface area contributed by atoms with Crippen LogP contribution in [0.3, 0.4) is 0 Å². The van der Waals surface area contributed by atoms with Crippen LogP contribution in [0, 0.1) is 6.92 Å². The summed E-state index contributed by atoms with van der Waals surface area (Å²) in [5, 5.41) is 2.92. The number of aromatic nitrogens is 2. The molecule has 0 aliphatic heterocycles. The van der Waals surface area contributed by atoms with Gasteiger partial charge in [-0.1, -0.05) is 0 Å². The Hall–Kier alpha value is -1.75. The molecule has 2 heterocycles. The van der Waals surface area contributed by atoms with Gasteiger partial charge in [0, 0.05) is 13.6 Å². The van der Waals surface area contributed by atoms with Crippen molar-refractivity contribution in [2.24, 2.45) is 12.8 Å². The fourth-order valence-electron chi connectivity index (χ4n) is 1.56. The number of hydrogen-bond acceptors (Lipinski definition) is 3. The average molecular weight is 207 g/mol. The molecule has 15 heavy (non-hydrogen) atoms. The van der Waals surface area contributed by atoms with Crippen molar-refractivity contribution >= 4 is 0 Å². The minimum atomic E-state index is -0.110. The standard InChI is InChI=1S/C10H13N3O2/c1-6-3-4-8(15-6)9-7(5-11)10(14)13(2)12-9/h3-4,12H,5,11H2,1-2H3. The molecule has 0 fully saturated rings. The molecule has 80 valence electrons. The highest BCUT2D eigenvalue weighted by atomic mass is 16.3. The highest BCUT2D eigenvalue weighted by Gasteiger charge is 2.14. The maximum atomic E-state index is 11.6. The lowest BCUT2D eigenvalue weighted by Gasteiger charge is -1.94. The van der Waals surface area contributed by atoms with Crippen LogP contribution in [0.5, 0.6) is 0 Å². The minimum absolute atomic E-state index is 0.110. The molecule has 0 aromatic carbocycles. The second-order valence-corrected chi connectivity index (χ2v) is 3.44. The molecule has 5 nitrogen and oxygen atoms in total. The Morgan fingerprint density at radius 1 is 1.53 bits per heavy atom.